The summed E-state index contributed by atoms with van der Waals surface area (Å²) in [7, 11) is 0. The Balaban J connectivity index is 1.85. The molecule has 3 amide bonds. The van der Waals surface area contributed by atoms with E-state index in [1.807, 2.05) is 30.3 Å². The molecule has 8 nitrogen and oxygen atoms in total. The minimum Gasteiger partial charge on any atom is -0.464 e. The number of ether oxygens (including phenoxy) is 1. The molecule has 174 valence electrons. The lowest BCUT2D eigenvalue weighted by Gasteiger charge is -2.27. The van der Waals surface area contributed by atoms with Crippen LogP contribution in [0.15, 0.2) is 54.6 Å². The zero-order chi connectivity index (χ0) is 23.8. The quantitative estimate of drug-likeness (QED) is 0.307. The van der Waals surface area contributed by atoms with Crippen molar-refractivity contribution in [3.05, 3.63) is 71.3 Å². The Bertz CT molecular complexity index is 972. The molecule has 0 radical (unpaired) electrons. The van der Waals surface area contributed by atoms with E-state index in [1.165, 1.54) is 0 Å². The molecule has 0 saturated heterocycles. The molecular weight excluding hydrogens is 424 g/mol. The predicted octanol–water partition coefficient (Wildman–Crippen LogP) is 2.10. The van der Waals surface area contributed by atoms with Crippen LogP contribution in [-0.4, -0.2) is 59.0 Å². The van der Waals surface area contributed by atoms with Crippen molar-refractivity contribution in [2.45, 2.75) is 44.7 Å². The molecule has 1 aliphatic rings. The zero-order valence-electron chi connectivity index (χ0n) is 18.5. The monoisotopic (exact) mass is 452 g/mol. The number of esters is 1. The molecule has 0 aliphatic carbocycles. The highest BCUT2D eigenvalue weighted by atomic mass is 16.5. The Morgan fingerprint density at radius 2 is 1.58 bits per heavy atom. The van der Waals surface area contributed by atoms with E-state index in [4.69, 9.17) is 9.84 Å². The van der Waals surface area contributed by atoms with Crippen LogP contribution in [0.2, 0.25) is 0 Å². The van der Waals surface area contributed by atoms with Gasteiger partial charge in [0.25, 0.3) is 11.8 Å². The smallest absolute Gasteiger partial charge is 0.328 e. The van der Waals surface area contributed by atoms with Crippen LogP contribution in [0.1, 0.15) is 52.5 Å². The molecule has 2 aromatic carbocycles. The molecule has 1 unspecified atom stereocenters. The lowest BCUT2D eigenvalue weighted by atomic mass is 10.0. The first-order valence-electron chi connectivity index (χ1n) is 11.1. The topological polar surface area (TPSA) is 113 Å². The van der Waals surface area contributed by atoms with Crippen molar-refractivity contribution in [2.24, 2.45) is 0 Å². The molecule has 0 aromatic heterocycles. The number of nitrogens with zero attached hydrogens (tertiary/aromatic N) is 1. The Kier molecular flexibility index (Phi) is 8.32. The van der Waals surface area contributed by atoms with Crippen molar-refractivity contribution in [1.29, 1.82) is 0 Å². The normalized spacial score (nSPS) is 14.5. The minimum absolute atomic E-state index is 0.0735. The molecule has 8 heteroatoms. The van der Waals surface area contributed by atoms with Crippen LogP contribution in [0.25, 0.3) is 0 Å². The summed E-state index contributed by atoms with van der Waals surface area (Å²) in [4.78, 5) is 52.9. The van der Waals surface area contributed by atoms with E-state index in [-0.39, 0.29) is 37.2 Å². The Labute approximate surface area is 192 Å². The van der Waals surface area contributed by atoms with Gasteiger partial charge in [-0.3, -0.25) is 19.3 Å². The third-order valence-electron chi connectivity index (χ3n) is 5.50. The van der Waals surface area contributed by atoms with Gasteiger partial charge < -0.3 is 15.2 Å². The number of carbonyl (C=O) groups excluding carboxylic acids is 4. The summed E-state index contributed by atoms with van der Waals surface area (Å²) < 4.78 is 5.14. The van der Waals surface area contributed by atoms with Crippen molar-refractivity contribution >= 4 is 23.7 Å². The summed E-state index contributed by atoms with van der Waals surface area (Å²) in [6.07, 6.45) is 1.21. The summed E-state index contributed by atoms with van der Waals surface area (Å²) >= 11 is 0. The van der Waals surface area contributed by atoms with Crippen LogP contribution in [0.5, 0.6) is 0 Å². The van der Waals surface area contributed by atoms with E-state index in [9.17, 15) is 19.2 Å². The number of carbonyl (C=O) groups is 4. The molecule has 1 aliphatic heterocycles. The number of amides is 3. The third-order valence-corrected chi connectivity index (χ3v) is 5.50. The number of aliphatic hydroxyl groups is 1. The molecule has 2 aromatic rings. The van der Waals surface area contributed by atoms with Gasteiger partial charge in [0.05, 0.1) is 17.7 Å². The van der Waals surface area contributed by atoms with Gasteiger partial charge in [-0.2, -0.15) is 0 Å². The molecule has 0 bridgehead atoms. The maximum absolute atomic E-state index is 13.3. The number of nitrogens with one attached hydrogen (secondary N) is 1. The fraction of sp³-hybridized carbons (Fsp3) is 0.360. The van der Waals surface area contributed by atoms with Gasteiger partial charge in [-0.05, 0) is 43.9 Å². The summed E-state index contributed by atoms with van der Waals surface area (Å²) in [5.74, 6) is -2.30. The van der Waals surface area contributed by atoms with Gasteiger partial charge in [0, 0.05) is 13.0 Å². The third kappa shape index (κ3) is 5.64. The molecular formula is C25H28N2O6. The first-order valence-corrected chi connectivity index (χ1v) is 11.1. The van der Waals surface area contributed by atoms with Gasteiger partial charge >= 0.3 is 5.97 Å². The Morgan fingerprint density at radius 3 is 2.15 bits per heavy atom. The number of hydrogen-bond acceptors (Lipinski definition) is 6. The predicted molar refractivity (Wildman–Crippen MR) is 120 cm³/mol. The average Bonchev–Trinajstić information content (AvgIpc) is 3.07. The maximum Gasteiger partial charge on any atom is 0.328 e. The highest BCUT2D eigenvalue weighted by Gasteiger charge is 2.43. The second-order valence-corrected chi connectivity index (χ2v) is 7.76. The Morgan fingerprint density at radius 1 is 0.970 bits per heavy atom. The number of imide groups is 1. The van der Waals surface area contributed by atoms with Crippen molar-refractivity contribution < 1.29 is 29.0 Å². The minimum atomic E-state index is -1.11. The highest BCUT2D eigenvalue weighted by molar-refractivity contribution is 6.22. The number of unbranched alkanes of at least 4 members (excludes halogenated alkanes) is 1. The largest absolute Gasteiger partial charge is 0.464 e. The molecule has 2 atom stereocenters. The van der Waals surface area contributed by atoms with Crippen LogP contribution in [0.4, 0.5) is 0 Å². The average molecular weight is 453 g/mol. The first kappa shape index (κ1) is 24.1. The lowest BCUT2D eigenvalue weighted by molar-refractivity contribution is -0.147. The molecule has 0 fully saturated rings. The molecule has 0 saturated carbocycles. The van der Waals surface area contributed by atoms with Gasteiger partial charge in [0.1, 0.15) is 12.1 Å². The van der Waals surface area contributed by atoms with E-state index < -0.39 is 35.8 Å². The van der Waals surface area contributed by atoms with E-state index in [0.717, 1.165) is 10.5 Å². The fourth-order valence-corrected chi connectivity index (χ4v) is 3.87. The van der Waals surface area contributed by atoms with Crippen molar-refractivity contribution in [3.8, 4) is 0 Å². The van der Waals surface area contributed by atoms with Crippen LogP contribution in [0.3, 0.4) is 0 Å². The van der Waals surface area contributed by atoms with Crippen LogP contribution >= 0.6 is 0 Å². The van der Waals surface area contributed by atoms with Gasteiger partial charge in [0.2, 0.25) is 5.91 Å². The maximum atomic E-state index is 13.3. The van der Waals surface area contributed by atoms with E-state index in [1.54, 1.807) is 31.2 Å². The summed E-state index contributed by atoms with van der Waals surface area (Å²) in [5.41, 5.74) is 1.32. The summed E-state index contributed by atoms with van der Waals surface area (Å²) in [6, 6.07) is 13.5. The number of fused-ring (bicyclic) bond motifs is 1. The van der Waals surface area contributed by atoms with Crippen molar-refractivity contribution in [1.82, 2.24) is 10.2 Å². The second kappa shape index (κ2) is 11.4. The van der Waals surface area contributed by atoms with Gasteiger partial charge in [0.15, 0.2) is 0 Å². The van der Waals surface area contributed by atoms with Gasteiger partial charge in [-0.15, -0.1) is 0 Å². The van der Waals surface area contributed by atoms with Gasteiger partial charge in [-0.1, -0.05) is 42.5 Å². The summed E-state index contributed by atoms with van der Waals surface area (Å²) in [6.45, 7) is 1.75. The van der Waals surface area contributed by atoms with Gasteiger partial charge in [-0.25, -0.2) is 4.79 Å². The second-order valence-electron chi connectivity index (χ2n) is 7.76. The van der Waals surface area contributed by atoms with Crippen molar-refractivity contribution in [3.63, 3.8) is 0 Å². The first-order chi connectivity index (χ1) is 16.0. The van der Waals surface area contributed by atoms with Crippen LogP contribution < -0.4 is 5.32 Å². The van der Waals surface area contributed by atoms with Crippen molar-refractivity contribution in [2.75, 3.05) is 13.2 Å². The molecule has 2 N–H and O–H groups in total. The summed E-state index contributed by atoms with van der Waals surface area (Å²) in [5, 5.41) is 11.9. The van der Waals surface area contributed by atoms with E-state index in [0.29, 0.717) is 12.8 Å². The number of benzene rings is 2. The van der Waals surface area contributed by atoms with E-state index in [2.05, 4.69) is 5.32 Å². The zero-order valence-corrected chi connectivity index (χ0v) is 18.5. The fourth-order valence-electron chi connectivity index (χ4n) is 3.87. The Hall–Kier alpha value is -3.52. The lowest BCUT2D eigenvalue weighted by Crippen LogP contribution is -2.54. The number of hydrogen-bond donors (Lipinski definition) is 2. The number of rotatable bonds is 11. The van der Waals surface area contributed by atoms with Crippen LogP contribution in [0, 0.1) is 0 Å². The van der Waals surface area contributed by atoms with E-state index >= 15 is 0 Å². The molecule has 33 heavy (non-hydrogen) atoms. The highest BCUT2D eigenvalue weighted by Crippen LogP contribution is 2.26. The molecule has 1 heterocycles. The molecule has 3 rings (SSSR count). The molecule has 0 spiro atoms. The SMILES string of the molecule is CCOC(=O)[C@@H](Cc1ccccc1)NC(=O)C(CCCCO)N1C(=O)c2ccccc2C1=O. The number of aliphatic hydroxyl groups excluding tert-OH is 1. The van der Waals surface area contributed by atoms with Crippen LogP contribution in [-0.2, 0) is 20.7 Å². The standard InChI is InChI=1S/C25H28N2O6/c1-2-33-25(32)20(16-17-10-4-3-5-11-17)26-22(29)21(14-8-9-15-28)27-23(30)18-12-6-7-13-19(18)24(27)31/h3-7,10-13,20-21,28H,2,8-9,14-16H2,1H3,(H,26,29)/t20-,21?/m1/s1.